The van der Waals surface area contributed by atoms with Gasteiger partial charge in [-0.05, 0) is 41.5 Å². The van der Waals surface area contributed by atoms with Gasteiger partial charge in [0.1, 0.15) is 0 Å². The number of aromatic hydroxyl groups is 2. The van der Waals surface area contributed by atoms with Gasteiger partial charge in [0, 0.05) is 10.6 Å². The minimum atomic E-state index is -5.04. The first-order chi connectivity index (χ1) is 13.5. The second-order valence-electron chi connectivity index (χ2n) is 6.08. The first-order valence-corrected chi connectivity index (χ1v) is 10.8. The molecule has 0 saturated carbocycles. The van der Waals surface area contributed by atoms with Gasteiger partial charge >= 0.3 is 0 Å². The predicted molar refractivity (Wildman–Crippen MR) is 114 cm³/mol. The molecule has 0 spiro atoms. The quantitative estimate of drug-likeness (QED) is 0.239. The van der Waals surface area contributed by atoms with Crippen molar-refractivity contribution in [3.8, 4) is 11.5 Å². The van der Waals surface area contributed by atoms with Crippen LogP contribution in [-0.2, 0) is 14.9 Å². The van der Waals surface area contributed by atoms with Crippen LogP contribution in [0.15, 0.2) is 54.6 Å². The van der Waals surface area contributed by atoms with E-state index < -0.39 is 26.4 Å². The zero-order chi connectivity index (χ0) is 21.6. The number of hydrogen-bond donors (Lipinski definition) is 3. The van der Waals surface area contributed by atoms with E-state index in [1.807, 2.05) is 0 Å². The monoisotopic (exact) mass is 492 g/mol. The Labute approximate surface area is 186 Å². The van der Waals surface area contributed by atoms with Crippen molar-refractivity contribution < 1.29 is 23.2 Å². The van der Waals surface area contributed by atoms with E-state index in [-0.39, 0.29) is 31.8 Å². The van der Waals surface area contributed by atoms with Crippen molar-refractivity contribution in [3.63, 3.8) is 0 Å². The number of phenolic OH excluding ortho intramolecular Hbond substituents is 2. The lowest BCUT2D eigenvalue weighted by Crippen LogP contribution is -2.38. The Bertz CT molecular complexity index is 1200. The summed E-state index contributed by atoms with van der Waals surface area (Å²) in [5, 5.41) is 21.0. The van der Waals surface area contributed by atoms with Crippen molar-refractivity contribution in [2.75, 3.05) is 0 Å². The van der Waals surface area contributed by atoms with Crippen LogP contribution in [0.1, 0.15) is 16.7 Å². The molecule has 0 heterocycles. The number of halogens is 4. The SMILES string of the molecule is O=S(=O)(O)C(c1ccc(Cl)cc1)(c1ccc(Cl)c(Cl)c1)c1ccc(Cl)c(O)c1O. The Balaban J connectivity index is 2.56. The Hall–Kier alpha value is -1.67. The molecule has 0 bridgehead atoms. The summed E-state index contributed by atoms with van der Waals surface area (Å²) in [5.41, 5.74) is -0.351. The van der Waals surface area contributed by atoms with E-state index in [0.717, 1.165) is 0 Å². The molecule has 0 amide bonds. The van der Waals surface area contributed by atoms with Crippen molar-refractivity contribution in [2.24, 2.45) is 0 Å². The van der Waals surface area contributed by atoms with Crippen molar-refractivity contribution in [1.82, 2.24) is 0 Å². The van der Waals surface area contributed by atoms with Crippen LogP contribution in [0.2, 0.25) is 20.1 Å². The standard InChI is InChI=1S/C19H12Cl4O5S/c20-12-4-1-10(2-5-12)19(29(26,27)28,11-3-7-14(21)16(23)9-11)13-6-8-15(22)18(25)17(13)24/h1-9,24-25H,(H,26,27,28). The third-order valence-corrected chi connectivity index (χ3v) is 7.21. The second-order valence-corrected chi connectivity index (χ2v) is 9.30. The summed E-state index contributed by atoms with van der Waals surface area (Å²) in [7, 11) is -5.04. The van der Waals surface area contributed by atoms with Crippen LogP contribution >= 0.6 is 46.4 Å². The van der Waals surface area contributed by atoms with Crippen LogP contribution in [0.25, 0.3) is 0 Å². The zero-order valence-corrected chi connectivity index (χ0v) is 18.1. The molecule has 0 aromatic heterocycles. The number of rotatable bonds is 4. The van der Waals surface area contributed by atoms with E-state index in [9.17, 15) is 23.2 Å². The van der Waals surface area contributed by atoms with Crippen molar-refractivity contribution in [1.29, 1.82) is 0 Å². The third-order valence-electron chi connectivity index (χ3n) is 4.45. The van der Waals surface area contributed by atoms with E-state index >= 15 is 0 Å². The van der Waals surface area contributed by atoms with Crippen molar-refractivity contribution in [3.05, 3.63) is 91.4 Å². The fourth-order valence-electron chi connectivity index (χ4n) is 3.15. The number of benzene rings is 3. The maximum absolute atomic E-state index is 12.9. The summed E-state index contributed by atoms with van der Waals surface area (Å²) in [6.45, 7) is 0. The second kappa shape index (κ2) is 7.87. The van der Waals surface area contributed by atoms with Gasteiger partial charge in [-0.15, -0.1) is 0 Å². The molecule has 152 valence electrons. The summed E-state index contributed by atoms with van der Waals surface area (Å²) in [6, 6.07) is 11.9. The fraction of sp³-hybridized carbons (Fsp3) is 0.0526. The van der Waals surface area contributed by atoms with E-state index in [1.165, 1.54) is 54.6 Å². The normalized spacial score (nSPS) is 13.8. The molecule has 5 nitrogen and oxygen atoms in total. The highest BCUT2D eigenvalue weighted by molar-refractivity contribution is 7.87. The molecule has 0 fully saturated rings. The molecule has 0 saturated heterocycles. The molecule has 1 atom stereocenters. The van der Waals surface area contributed by atoms with Crippen molar-refractivity contribution >= 4 is 56.5 Å². The highest BCUT2D eigenvalue weighted by Crippen LogP contribution is 2.51. The van der Waals surface area contributed by atoms with Crippen LogP contribution in [-0.4, -0.2) is 23.2 Å². The Morgan fingerprint density at radius 3 is 1.79 bits per heavy atom. The van der Waals surface area contributed by atoms with Gasteiger partial charge in [0.05, 0.1) is 15.1 Å². The summed E-state index contributed by atoms with van der Waals surface area (Å²) in [5.74, 6) is -1.57. The molecule has 10 heteroatoms. The lowest BCUT2D eigenvalue weighted by molar-refractivity contribution is 0.394. The average molecular weight is 494 g/mol. The minimum Gasteiger partial charge on any atom is -0.504 e. The third kappa shape index (κ3) is 3.65. The molecule has 3 rings (SSSR count). The number of phenols is 2. The molecular weight excluding hydrogens is 482 g/mol. The summed E-state index contributed by atoms with van der Waals surface area (Å²) >= 11 is 23.8. The van der Waals surface area contributed by atoms with E-state index in [2.05, 4.69) is 0 Å². The van der Waals surface area contributed by atoms with Gasteiger partial charge in [0.2, 0.25) is 0 Å². The molecule has 29 heavy (non-hydrogen) atoms. The van der Waals surface area contributed by atoms with Gasteiger partial charge in [0.25, 0.3) is 10.1 Å². The zero-order valence-electron chi connectivity index (χ0n) is 14.3. The molecular formula is C19H12Cl4O5S. The van der Waals surface area contributed by atoms with Crippen molar-refractivity contribution in [2.45, 2.75) is 4.75 Å². The topological polar surface area (TPSA) is 94.8 Å². The van der Waals surface area contributed by atoms with E-state index in [1.54, 1.807) is 0 Å². The number of hydrogen-bond acceptors (Lipinski definition) is 4. The lowest BCUT2D eigenvalue weighted by Gasteiger charge is -2.33. The van der Waals surface area contributed by atoms with Gasteiger partial charge in [-0.25, -0.2) is 0 Å². The summed E-state index contributed by atoms with van der Waals surface area (Å²) in [6.07, 6.45) is 0. The minimum absolute atomic E-state index is 0.0174. The molecule has 3 N–H and O–H groups in total. The predicted octanol–water partition coefficient (Wildman–Crippen LogP) is 5.89. The Morgan fingerprint density at radius 1 is 0.690 bits per heavy atom. The van der Waals surface area contributed by atoms with Crippen LogP contribution in [0.4, 0.5) is 0 Å². The van der Waals surface area contributed by atoms with Crippen LogP contribution in [0.3, 0.4) is 0 Å². The van der Waals surface area contributed by atoms with Crippen LogP contribution < -0.4 is 0 Å². The smallest absolute Gasteiger partial charge is 0.283 e. The molecule has 3 aromatic carbocycles. The van der Waals surface area contributed by atoms with Gasteiger partial charge in [-0.1, -0.05) is 70.7 Å². The van der Waals surface area contributed by atoms with Crippen LogP contribution in [0, 0.1) is 0 Å². The lowest BCUT2D eigenvalue weighted by atomic mass is 9.83. The Morgan fingerprint density at radius 2 is 1.24 bits per heavy atom. The van der Waals surface area contributed by atoms with Gasteiger partial charge in [-0.2, -0.15) is 8.42 Å². The summed E-state index contributed by atoms with van der Waals surface area (Å²) < 4.78 is 33.9. The first kappa shape index (κ1) is 22.0. The Kier molecular flexibility index (Phi) is 5.98. The van der Waals surface area contributed by atoms with Gasteiger partial charge in [-0.3, -0.25) is 4.55 Å². The van der Waals surface area contributed by atoms with Gasteiger partial charge in [0.15, 0.2) is 16.2 Å². The van der Waals surface area contributed by atoms with Gasteiger partial charge < -0.3 is 10.2 Å². The molecule has 0 aliphatic carbocycles. The van der Waals surface area contributed by atoms with E-state index in [4.69, 9.17) is 46.4 Å². The molecule has 3 aromatic rings. The molecule has 0 radical (unpaired) electrons. The highest BCUT2D eigenvalue weighted by Gasteiger charge is 2.50. The first-order valence-electron chi connectivity index (χ1n) is 7.89. The molecule has 0 aliphatic heterocycles. The van der Waals surface area contributed by atoms with Crippen LogP contribution in [0.5, 0.6) is 11.5 Å². The fourth-order valence-corrected chi connectivity index (χ4v) is 5.03. The highest BCUT2D eigenvalue weighted by atomic mass is 35.5. The van der Waals surface area contributed by atoms with E-state index in [0.29, 0.717) is 5.02 Å². The molecule has 0 aliphatic rings. The maximum atomic E-state index is 12.9. The maximum Gasteiger partial charge on any atom is 0.283 e. The average Bonchev–Trinajstić information content (AvgIpc) is 2.65. The summed E-state index contributed by atoms with van der Waals surface area (Å²) in [4.78, 5) is 0. The largest absolute Gasteiger partial charge is 0.504 e. The molecule has 1 unspecified atom stereocenters.